The number of anilines is 1. The summed E-state index contributed by atoms with van der Waals surface area (Å²) in [5.41, 5.74) is 6.42. The molecule has 0 saturated carbocycles. The van der Waals surface area contributed by atoms with Crippen LogP contribution >= 0.6 is 0 Å². The zero-order valence-corrected chi connectivity index (χ0v) is 12.6. The van der Waals surface area contributed by atoms with E-state index < -0.39 is 0 Å². The quantitative estimate of drug-likeness (QED) is 0.571. The van der Waals surface area contributed by atoms with Crippen molar-refractivity contribution in [2.45, 2.75) is 20.4 Å². The van der Waals surface area contributed by atoms with Gasteiger partial charge >= 0.3 is 0 Å². The van der Waals surface area contributed by atoms with Gasteiger partial charge in [-0.15, -0.1) is 0 Å². The summed E-state index contributed by atoms with van der Waals surface area (Å²) in [7, 11) is 0. The van der Waals surface area contributed by atoms with Crippen LogP contribution in [0.25, 0.3) is 11.0 Å². The number of phenolic OH excluding ortho intramolecular Hbond substituents is 1. The van der Waals surface area contributed by atoms with Gasteiger partial charge in [0, 0.05) is 12.1 Å². The van der Waals surface area contributed by atoms with Gasteiger partial charge < -0.3 is 9.67 Å². The second kappa shape index (κ2) is 5.89. The van der Waals surface area contributed by atoms with Gasteiger partial charge in [-0.25, -0.2) is 10.4 Å². The van der Waals surface area contributed by atoms with E-state index in [0.29, 0.717) is 17.2 Å². The molecule has 0 amide bonds. The molecular formula is C17H18N4O. The van der Waals surface area contributed by atoms with E-state index in [1.165, 1.54) is 0 Å². The lowest BCUT2D eigenvalue weighted by molar-refractivity contribution is 0.474. The summed E-state index contributed by atoms with van der Waals surface area (Å²) in [5, 5.41) is 14.2. The minimum atomic E-state index is 0.217. The number of benzene rings is 2. The maximum absolute atomic E-state index is 9.86. The van der Waals surface area contributed by atoms with Crippen molar-refractivity contribution < 1.29 is 5.11 Å². The standard InChI is InChI=1S/C17H18N4O/c1-3-21-15-10-6-5-9-14(15)18-17(21)20-19-12(2)13-8-4-7-11-16(13)22/h4-11,22H,3H2,1-2H3,(H,18,20). The first kappa shape index (κ1) is 14.1. The van der Waals surface area contributed by atoms with E-state index in [1.54, 1.807) is 12.1 Å². The average molecular weight is 294 g/mol. The molecule has 3 rings (SSSR count). The fourth-order valence-electron chi connectivity index (χ4n) is 2.45. The predicted octanol–water partition coefficient (Wildman–Crippen LogP) is 3.60. The molecule has 22 heavy (non-hydrogen) atoms. The van der Waals surface area contributed by atoms with E-state index in [2.05, 4.69) is 27.0 Å². The van der Waals surface area contributed by atoms with Gasteiger partial charge in [0.15, 0.2) is 0 Å². The Hall–Kier alpha value is -2.82. The van der Waals surface area contributed by atoms with Gasteiger partial charge in [0.25, 0.3) is 0 Å². The molecule has 0 fully saturated rings. The summed E-state index contributed by atoms with van der Waals surface area (Å²) in [6.07, 6.45) is 0. The molecule has 0 aliphatic rings. The van der Waals surface area contributed by atoms with Gasteiger partial charge in [0.2, 0.25) is 5.95 Å². The summed E-state index contributed by atoms with van der Waals surface area (Å²) >= 11 is 0. The maximum atomic E-state index is 9.86. The largest absolute Gasteiger partial charge is 0.507 e. The Balaban J connectivity index is 1.93. The highest BCUT2D eigenvalue weighted by atomic mass is 16.3. The summed E-state index contributed by atoms with van der Waals surface area (Å²) in [5.74, 6) is 0.910. The summed E-state index contributed by atoms with van der Waals surface area (Å²) in [4.78, 5) is 4.55. The molecule has 5 heteroatoms. The van der Waals surface area contributed by atoms with Crippen LogP contribution in [0, 0.1) is 0 Å². The lowest BCUT2D eigenvalue weighted by atomic mass is 10.1. The second-order valence-electron chi connectivity index (χ2n) is 4.99. The number of nitrogens with one attached hydrogen (secondary N) is 1. The number of nitrogens with zero attached hydrogens (tertiary/aromatic N) is 3. The number of hydrogen-bond donors (Lipinski definition) is 2. The van der Waals surface area contributed by atoms with Crippen molar-refractivity contribution in [2.24, 2.45) is 5.10 Å². The van der Waals surface area contributed by atoms with E-state index in [4.69, 9.17) is 0 Å². The maximum Gasteiger partial charge on any atom is 0.224 e. The molecule has 1 aromatic heterocycles. The molecule has 5 nitrogen and oxygen atoms in total. The van der Waals surface area contributed by atoms with Crippen LogP contribution in [0.4, 0.5) is 5.95 Å². The molecule has 0 aliphatic heterocycles. The van der Waals surface area contributed by atoms with Crippen molar-refractivity contribution in [1.29, 1.82) is 0 Å². The van der Waals surface area contributed by atoms with E-state index in [9.17, 15) is 5.11 Å². The Labute approximate surface area is 128 Å². The third kappa shape index (κ3) is 2.53. The molecule has 0 atom stereocenters. The highest BCUT2D eigenvalue weighted by Gasteiger charge is 2.09. The number of aromatic hydroxyl groups is 1. The molecule has 2 aromatic carbocycles. The van der Waals surface area contributed by atoms with Crippen LogP contribution in [0.5, 0.6) is 5.75 Å². The van der Waals surface area contributed by atoms with Crippen LogP contribution in [0.3, 0.4) is 0 Å². The number of para-hydroxylation sites is 3. The molecule has 0 saturated heterocycles. The average Bonchev–Trinajstić information content (AvgIpc) is 2.90. The van der Waals surface area contributed by atoms with Crippen molar-refractivity contribution in [1.82, 2.24) is 9.55 Å². The predicted molar refractivity (Wildman–Crippen MR) is 89.3 cm³/mol. The molecule has 0 radical (unpaired) electrons. The SMILES string of the molecule is CCn1c(NN=C(C)c2ccccc2O)nc2ccccc21. The zero-order chi connectivity index (χ0) is 15.5. The van der Waals surface area contributed by atoms with Crippen LogP contribution in [0.1, 0.15) is 19.4 Å². The van der Waals surface area contributed by atoms with Crippen LogP contribution in [-0.2, 0) is 6.54 Å². The van der Waals surface area contributed by atoms with Crippen LogP contribution in [0.15, 0.2) is 53.6 Å². The van der Waals surface area contributed by atoms with E-state index >= 15 is 0 Å². The first-order valence-electron chi connectivity index (χ1n) is 7.24. The molecule has 3 aromatic rings. The molecule has 0 spiro atoms. The Morgan fingerprint density at radius 2 is 1.91 bits per heavy atom. The van der Waals surface area contributed by atoms with E-state index in [0.717, 1.165) is 17.6 Å². The number of hydrazone groups is 1. The smallest absolute Gasteiger partial charge is 0.224 e. The normalized spacial score (nSPS) is 11.8. The van der Waals surface area contributed by atoms with Crippen molar-refractivity contribution >= 4 is 22.7 Å². The van der Waals surface area contributed by atoms with E-state index in [1.807, 2.05) is 43.3 Å². The number of hydrogen-bond acceptors (Lipinski definition) is 4. The number of aromatic nitrogens is 2. The first-order valence-corrected chi connectivity index (χ1v) is 7.24. The third-order valence-electron chi connectivity index (χ3n) is 3.59. The lowest BCUT2D eigenvalue weighted by Crippen LogP contribution is -2.05. The zero-order valence-electron chi connectivity index (χ0n) is 12.6. The van der Waals surface area contributed by atoms with Crippen LogP contribution < -0.4 is 5.43 Å². The Morgan fingerprint density at radius 3 is 2.68 bits per heavy atom. The Bertz CT molecular complexity index is 836. The van der Waals surface area contributed by atoms with Crippen LogP contribution in [0.2, 0.25) is 0 Å². The van der Waals surface area contributed by atoms with Gasteiger partial charge in [0.1, 0.15) is 5.75 Å². The van der Waals surface area contributed by atoms with Crippen molar-refractivity contribution in [2.75, 3.05) is 5.43 Å². The van der Waals surface area contributed by atoms with Crippen molar-refractivity contribution in [3.05, 3.63) is 54.1 Å². The number of rotatable bonds is 4. The van der Waals surface area contributed by atoms with Gasteiger partial charge in [-0.2, -0.15) is 5.10 Å². The highest BCUT2D eigenvalue weighted by molar-refractivity contribution is 6.01. The summed E-state index contributed by atoms with van der Waals surface area (Å²) in [6.45, 7) is 4.72. The minimum absolute atomic E-state index is 0.217. The molecule has 1 heterocycles. The highest BCUT2D eigenvalue weighted by Crippen LogP contribution is 2.20. The monoisotopic (exact) mass is 294 g/mol. The number of fused-ring (bicyclic) bond motifs is 1. The Kier molecular flexibility index (Phi) is 3.78. The Morgan fingerprint density at radius 1 is 1.18 bits per heavy atom. The van der Waals surface area contributed by atoms with Gasteiger partial charge in [-0.05, 0) is 38.1 Å². The van der Waals surface area contributed by atoms with E-state index in [-0.39, 0.29) is 5.75 Å². The number of phenols is 1. The number of imidazole rings is 1. The third-order valence-corrected chi connectivity index (χ3v) is 3.59. The summed E-state index contributed by atoms with van der Waals surface area (Å²) in [6, 6.07) is 15.1. The van der Waals surface area contributed by atoms with Crippen molar-refractivity contribution in [3.8, 4) is 5.75 Å². The van der Waals surface area contributed by atoms with Gasteiger partial charge in [-0.1, -0.05) is 24.3 Å². The lowest BCUT2D eigenvalue weighted by Gasteiger charge is -2.07. The summed E-state index contributed by atoms with van der Waals surface area (Å²) < 4.78 is 2.07. The fourth-order valence-corrected chi connectivity index (χ4v) is 2.45. The molecule has 0 unspecified atom stereocenters. The number of aryl methyl sites for hydroxylation is 1. The molecule has 112 valence electrons. The fraction of sp³-hybridized carbons (Fsp3) is 0.176. The molecule has 0 bridgehead atoms. The van der Waals surface area contributed by atoms with Gasteiger partial charge in [0.05, 0.1) is 16.7 Å². The molecule has 0 aliphatic carbocycles. The molecular weight excluding hydrogens is 276 g/mol. The first-order chi connectivity index (χ1) is 10.7. The second-order valence-corrected chi connectivity index (χ2v) is 4.99. The minimum Gasteiger partial charge on any atom is -0.507 e. The van der Waals surface area contributed by atoms with Crippen molar-refractivity contribution in [3.63, 3.8) is 0 Å². The topological polar surface area (TPSA) is 62.4 Å². The van der Waals surface area contributed by atoms with Gasteiger partial charge in [-0.3, -0.25) is 0 Å². The molecule has 2 N–H and O–H groups in total. The van der Waals surface area contributed by atoms with Crippen LogP contribution in [-0.4, -0.2) is 20.4 Å².